The van der Waals surface area contributed by atoms with E-state index < -0.39 is 0 Å². The molecule has 1 aliphatic heterocycles. The second-order valence-electron chi connectivity index (χ2n) is 4.02. The van der Waals surface area contributed by atoms with Gasteiger partial charge in [0.2, 0.25) is 0 Å². The molecule has 0 aliphatic carbocycles. The van der Waals surface area contributed by atoms with Crippen LogP contribution in [0.3, 0.4) is 0 Å². The third-order valence-corrected chi connectivity index (χ3v) is 3.89. The van der Waals surface area contributed by atoms with Gasteiger partial charge in [-0.25, -0.2) is 4.98 Å². The monoisotopic (exact) mass is 225 g/mol. The van der Waals surface area contributed by atoms with Crippen LogP contribution in [0.4, 0.5) is 5.13 Å². The van der Waals surface area contributed by atoms with Gasteiger partial charge in [0.25, 0.3) is 0 Å². The number of nitrogens with zero attached hydrogens (tertiary/aromatic N) is 2. The third-order valence-electron chi connectivity index (χ3n) is 2.96. The fourth-order valence-electron chi connectivity index (χ4n) is 2.13. The lowest BCUT2D eigenvalue weighted by Gasteiger charge is -2.23. The quantitative estimate of drug-likeness (QED) is 0.848. The molecule has 84 valence electrons. The van der Waals surface area contributed by atoms with Crippen molar-refractivity contribution >= 4 is 16.5 Å². The van der Waals surface area contributed by atoms with Gasteiger partial charge in [-0.1, -0.05) is 6.92 Å². The van der Waals surface area contributed by atoms with Gasteiger partial charge in [-0.3, -0.25) is 0 Å². The van der Waals surface area contributed by atoms with E-state index in [1.54, 1.807) is 11.3 Å². The summed E-state index contributed by atoms with van der Waals surface area (Å²) in [5.74, 6) is 0. The molecule has 3 nitrogen and oxygen atoms in total. The number of nitrogens with one attached hydrogen (secondary N) is 1. The predicted molar refractivity (Wildman–Crippen MR) is 65.8 cm³/mol. The van der Waals surface area contributed by atoms with Crippen LogP contribution in [0.15, 0.2) is 5.38 Å². The van der Waals surface area contributed by atoms with Crippen molar-refractivity contribution in [1.29, 1.82) is 0 Å². The highest BCUT2D eigenvalue weighted by molar-refractivity contribution is 7.13. The summed E-state index contributed by atoms with van der Waals surface area (Å²) in [6.45, 7) is 4.40. The molecular weight excluding hydrogens is 206 g/mol. The first-order chi connectivity index (χ1) is 7.35. The van der Waals surface area contributed by atoms with Crippen LogP contribution < -0.4 is 10.2 Å². The van der Waals surface area contributed by atoms with Crippen LogP contribution in [0.2, 0.25) is 0 Å². The Morgan fingerprint density at radius 2 is 2.53 bits per heavy atom. The second-order valence-corrected chi connectivity index (χ2v) is 4.86. The number of thiazole rings is 1. The van der Waals surface area contributed by atoms with Crippen LogP contribution in [-0.2, 0) is 6.42 Å². The van der Waals surface area contributed by atoms with Crippen LogP contribution in [0.1, 0.15) is 25.5 Å². The number of aromatic nitrogens is 1. The number of anilines is 1. The fraction of sp³-hybridized carbons (Fsp3) is 0.727. The lowest BCUT2D eigenvalue weighted by Crippen LogP contribution is -2.36. The number of likely N-dealkylation sites (N-methyl/N-ethyl adjacent to an activating group) is 1. The zero-order valence-corrected chi connectivity index (χ0v) is 10.3. The number of hydrogen-bond donors (Lipinski definition) is 1. The minimum atomic E-state index is 0.644. The Hall–Kier alpha value is -0.610. The van der Waals surface area contributed by atoms with Crippen molar-refractivity contribution in [3.05, 3.63) is 11.1 Å². The van der Waals surface area contributed by atoms with E-state index in [0.29, 0.717) is 6.04 Å². The zero-order chi connectivity index (χ0) is 10.7. The maximum atomic E-state index is 4.66. The number of hydrogen-bond acceptors (Lipinski definition) is 4. The van der Waals surface area contributed by atoms with E-state index in [1.165, 1.54) is 30.2 Å². The molecule has 2 rings (SSSR count). The maximum absolute atomic E-state index is 4.66. The summed E-state index contributed by atoms with van der Waals surface area (Å²) >= 11 is 1.79. The number of rotatable bonds is 4. The highest BCUT2D eigenvalue weighted by atomic mass is 32.1. The first-order valence-corrected chi connectivity index (χ1v) is 6.58. The van der Waals surface area contributed by atoms with Gasteiger partial charge in [0.05, 0.1) is 5.69 Å². The van der Waals surface area contributed by atoms with Crippen molar-refractivity contribution in [1.82, 2.24) is 10.3 Å². The Kier molecular flexibility index (Phi) is 3.59. The van der Waals surface area contributed by atoms with Crippen molar-refractivity contribution < 1.29 is 0 Å². The third kappa shape index (κ3) is 2.32. The van der Waals surface area contributed by atoms with Crippen molar-refractivity contribution in [2.24, 2.45) is 0 Å². The highest BCUT2D eigenvalue weighted by Gasteiger charge is 2.25. The van der Waals surface area contributed by atoms with Crippen molar-refractivity contribution in [2.45, 2.75) is 32.2 Å². The van der Waals surface area contributed by atoms with Gasteiger partial charge in [0, 0.05) is 24.5 Å². The average molecular weight is 225 g/mol. The van der Waals surface area contributed by atoms with E-state index in [2.05, 4.69) is 27.5 Å². The van der Waals surface area contributed by atoms with E-state index in [1.807, 2.05) is 7.05 Å². The first-order valence-electron chi connectivity index (χ1n) is 5.70. The second kappa shape index (κ2) is 4.94. The minimum absolute atomic E-state index is 0.644. The summed E-state index contributed by atoms with van der Waals surface area (Å²) in [5, 5.41) is 6.66. The smallest absolute Gasteiger partial charge is 0.185 e. The first kappa shape index (κ1) is 10.9. The molecule has 1 atom stereocenters. The van der Waals surface area contributed by atoms with Crippen molar-refractivity contribution in [3.63, 3.8) is 0 Å². The van der Waals surface area contributed by atoms with Gasteiger partial charge < -0.3 is 10.2 Å². The molecule has 15 heavy (non-hydrogen) atoms. The average Bonchev–Trinajstić information content (AvgIpc) is 2.85. The summed E-state index contributed by atoms with van der Waals surface area (Å²) in [6.07, 6.45) is 3.64. The largest absolute Gasteiger partial charge is 0.344 e. The molecule has 1 N–H and O–H groups in total. The Balaban J connectivity index is 2.08. The van der Waals surface area contributed by atoms with E-state index in [0.717, 1.165) is 13.0 Å². The van der Waals surface area contributed by atoms with E-state index >= 15 is 0 Å². The minimum Gasteiger partial charge on any atom is -0.344 e. The van der Waals surface area contributed by atoms with Gasteiger partial charge in [-0.2, -0.15) is 0 Å². The van der Waals surface area contributed by atoms with Crippen LogP contribution in [0.5, 0.6) is 0 Å². The van der Waals surface area contributed by atoms with Crippen molar-refractivity contribution in [2.75, 3.05) is 25.0 Å². The molecule has 1 unspecified atom stereocenters. The molecule has 0 amide bonds. The molecule has 0 bridgehead atoms. The normalized spacial score (nSPS) is 21.2. The fourth-order valence-corrected chi connectivity index (χ4v) is 3.13. The summed E-state index contributed by atoms with van der Waals surface area (Å²) in [7, 11) is 2.02. The Labute approximate surface area is 95.5 Å². The predicted octanol–water partition coefficient (Wildman–Crippen LogP) is 1.89. The highest BCUT2D eigenvalue weighted by Crippen LogP contribution is 2.28. The standard InChI is InChI=1S/C11H19N3S/c1-3-9-8-15-11(13-9)14-6-4-5-10(14)7-12-2/h8,10,12H,3-7H2,1-2H3. The lowest BCUT2D eigenvalue weighted by atomic mass is 10.2. The molecule has 0 radical (unpaired) electrons. The van der Waals surface area contributed by atoms with Gasteiger partial charge in [0.15, 0.2) is 5.13 Å². The van der Waals surface area contributed by atoms with Crippen LogP contribution in [0, 0.1) is 0 Å². The summed E-state index contributed by atoms with van der Waals surface area (Å²) < 4.78 is 0. The SMILES string of the molecule is CCc1csc(N2CCCC2CNC)n1. The lowest BCUT2D eigenvalue weighted by molar-refractivity contribution is 0.614. The van der Waals surface area contributed by atoms with E-state index in [4.69, 9.17) is 0 Å². The summed E-state index contributed by atoms with van der Waals surface area (Å²) in [4.78, 5) is 7.12. The molecule has 1 aliphatic rings. The summed E-state index contributed by atoms with van der Waals surface area (Å²) in [5.41, 5.74) is 1.23. The number of aryl methyl sites for hydroxylation is 1. The molecule has 0 aromatic carbocycles. The van der Waals surface area contributed by atoms with Gasteiger partial charge >= 0.3 is 0 Å². The molecule has 1 saturated heterocycles. The zero-order valence-electron chi connectivity index (χ0n) is 9.49. The molecule has 1 fully saturated rings. The van der Waals surface area contributed by atoms with Gasteiger partial charge in [0.1, 0.15) is 0 Å². The Morgan fingerprint density at radius 1 is 1.67 bits per heavy atom. The molecule has 1 aromatic rings. The van der Waals surface area contributed by atoms with Gasteiger partial charge in [-0.05, 0) is 26.3 Å². The maximum Gasteiger partial charge on any atom is 0.185 e. The van der Waals surface area contributed by atoms with E-state index in [9.17, 15) is 0 Å². The molecule has 0 saturated carbocycles. The van der Waals surface area contributed by atoms with Crippen LogP contribution in [0.25, 0.3) is 0 Å². The Morgan fingerprint density at radius 3 is 3.20 bits per heavy atom. The molecule has 2 heterocycles. The Bertz CT molecular complexity index is 311. The molecule has 1 aromatic heterocycles. The molecule has 4 heteroatoms. The summed E-state index contributed by atoms with van der Waals surface area (Å²) in [6, 6.07) is 0.644. The van der Waals surface area contributed by atoms with Crippen LogP contribution >= 0.6 is 11.3 Å². The van der Waals surface area contributed by atoms with Crippen LogP contribution in [-0.4, -0.2) is 31.2 Å². The molecular formula is C11H19N3S. The topological polar surface area (TPSA) is 28.2 Å². The molecule has 0 spiro atoms. The van der Waals surface area contributed by atoms with E-state index in [-0.39, 0.29) is 0 Å². The van der Waals surface area contributed by atoms with Gasteiger partial charge in [-0.15, -0.1) is 11.3 Å². The van der Waals surface area contributed by atoms with Crippen molar-refractivity contribution in [3.8, 4) is 0 Å².